The van der Waals surface area contributed by atoms with Crippen molar-refractivity contribution in [1.82, 2.24) is 10.7 Å². The van der Waals surface area contributed by atoms with Gasteiger partial charge in [-0.3, -0.25) is 5.43 Å². The number of halogens is 1. The van der Waals surface area contributed by atoms with Crippen molar-refractivity contribution in [3.8, 4) is 0 Å². The topological polar surface area (TPSA) is 62.4 Å². The SMILES string of the molecule is CC(C)NC(=NC(C)c1cccc(Br)c1)NN. The van der Waals surface area contributed by atoms with Gasteiger partial charge in [0.1, 0.15) is 0 Å². The second-order valence-corrected chi connectivity index (χ2v) is 5.07. The summed E-state index contributed by atoms with van der Waals surface area (Å²) >= 11 is 3.45. The molecule has 0 aliphatic heterocycles. The highest BCUT2D eigenvalue weighted by Gasteiger charge is 2.06. The Kier molecular flexibility index (Phi) is 5.44. The van der Waals surface area contributed by atoms with Gasteiger partial charge in [-0.1, -0.05) is 28.1 Å². The van der Waals surface area contributed by atoms with Gasteiger partial charge >= 0.3 is 0 Å². The largest absolute Gasteiger partial charge is 0.353 e. The molecule has 0 fully saturated rings. The number of aliphatic imine (C=N–C) groups is 1. The zero-order valence-electron chi connectivity index (χ0n) is 10.4. The molecular weight excluding hydrogens is 280 g/mol. The van der Waals surface area contributed by atoms with Crippen molar-refractivity contribution in [2.75, 3.05) is 0 Å². The van der Waals surface area contributed by atoms with Crippen molar-refractivity contribution >= 4 is 21.9 Å². The molecule has 4 N–H and O–H groups in total. The Labute approximate surface area is 111 Å². The van der Waals surface area contributed by atoms with Gasteiger partial charge in [0.15, 0.2) is 0 Å². The van der Waals surface area contributed by atoms with Crippen LogP contribution in [0.4, 0.5) is 0 Å². The summed E-state index contributed by atoms with van der Waals surface area (Å²) in [6, 6.07) is 8.43. The third-order valence-electron chi connectivity index (χ3n) is 2.22. The Hall–Kier alpha value is -1.07. The summed E-state index contributed by atoms with van der Waals surface area (Å²) < 4.78 is 1.05. The van der Waals surface area contributed by atoms with E-state index in [1.54, 1.807) is 0 Å². The first-order valence-corrected chi connectivity index (χ1v) is 6.38. The van der Waals surface area contributed by atoms with Crippen LogP contribution >= 0.6 is 15.9 Å². The molecule has 1 unspecified atom stereocenters. The van der Waals surface area contributed by atoms with E-state index in [0.29, 0.717) is 12.0 Å². The molecule has 0 radical (unpaired) electrons. The second kappa shape index (κ2) is 6.61. The van der Waals surface area contributed by atoms with E-state index in [-0.39, 0.29) is 6.04 Å². The summed E-state index contributed by atoms with van der Waals surface area (Å²) in [5, 5.41) is 3.15. The Morgan fingerprint density at radius 2 is 2.06 bits per heavy atom. The van der Waals surface area contributed by atoms with Crippen molar-refractivity contribution in [1.29, 1.82) is 0 Å². The first-order valence-electron chi connectivity index (χ1n) is 5.59. The smallest absolute Gasteiger partial charge is 0.206 e. The Morgan fingerprint density at radius 1 is 1.35 bits per heavy atom. The quantitative estimate of drug-likeness (QED) is 0.347. The molecule has 0 heterocycles. The Bertz CT molecular complexity index is 390. The minimum absolute atomic E-state index is 0.0461. The maximum absolute atomic E-state index is 5.42. The van der Waals surface area contributed by atoms with Crippen LogP contribution in [0.15, 0.2) is 33.7 Å². The summed E-state index contributed by atoms with van der Waals surface area (Å²) in [4.78, 5) is 4.50. The average molecular weight is 299 g/mol. The number of nitrogens with one attached hydrogen (secondary N) is 2. The molecule has 1 atom stereocenters. The fraction of sp³-hybridized carbons (Fsp3) is 0.417. The van der Waals surface area contributed by atoms with Crippen LogP contribution in [0.3, 0.4) is 0 Å². The first kappa shape index (κ1) is 14.0. The van der Waals surface area contributed by atoms with Gasteiger partial charge in [-0.15, -0.1) is 0 Å². The van der Waals surface area contributed by atoms with Gasteiger partial charge in [0, 0.05) is 10.5 Å². The third kappa shape index (κ3) is 4.75. The molecule has 0 spiro atoms. The van der Waals surface area contributed by atoms with Gasteiger partial charge in [-0.05, 0) is 38.5 Å². The first-order chi connectivity index (χ1) is 8.02. The van der Waals surface area contributed by atoms with Crippen LogP contribution in [0, 0.1) is 0 Å². The minimum atomic E-state index is 0.0461. The summed E-state index contributed by atoms with van der Waals surface area (Å²) in [5.41, 5.74) is 3.71. The summed E-state index contributed by atoms with van der Waals surface area (Å²) in [6.07, 6.45) is 0. The van der Waals surface area contributed by atoms with E-state index in [4.69, 9.17) is 5.84 Å². The van der Waals surface area contributed by atoms with E-state index in [1.165, 1.54) is 0 Å². The van der Waals surface area contributed by atoms with E-state index in [0.717, 1.165) is 10.0 Å². The fourth-order valence-electron chi connectivity index (χ4n) is 1.42. The van der Waals surface area contributed by atoms with Crippen LogP contribution in [-0.2, 0) is 0 Å². The maximum Gasteiger partial charge on any atom is 0.206 e. The summed E-state index contributed by atoms with van der Waals surface area (Å²) in [6.45, 7) is 6.11. The van der Waals surface area contributed by atoms with Crippen molar-refractivity contribution in [3.05, 3.63) is 34.3 Å². The van der Waals surface area contributed by atoms with Crippen molar-refractivity contribution in [2.24, 2.45) is 10.8 Å². The number of guanidine groups is 1. The molecule has 0 aromatic heterocycles. The second-order valence-electron chi connectivity index (χ2n) is 4.15. The van der Waals surface area contributed by atoms with Gasteiger partial charge in [-0.25, -0.2) is 10.8 Å². The molecule has 0 saturated carbocycles. The van der Waals surface area contributed by atoms with E-state index in [9.17, 15) is 0 Å². The van der Waals surface area contributed by atoms with Crippen LogP contribution in [0.25, 0.3) is 0 Å². The number of hydrogen-bond donors (Lipinski definition) is 3. The summed E-state index contributed by atoms with van der Waals surface area (Å²) in [7, 11) is 0. The third-order valence-corrected chi connectivity index (χ3v) is 2.71. The van der Waals surface area contributed by atoms with Crippen LogP contribution < -0.4 is 16.6 Å². The lowest BCUT2D eigenvalue weighted by Gasteiger charge is -2.15. The molecule has 1 aromatic rings. The van der Waals surface area contributed by atoms with Crippen LogP contribution in [-0.4, -0.2) is 12.0 Å². The lowest BCUT2D eigenvalue weighted by atomic mass is 10.1. The number of rotatable bonds is 3. The molecule has 1 rings (SSSR count). The highest BCUT2D eigenvalue weighted by molar-refractivity contribution is 9.10. The lowest BCUT2D eigenvalue weighted by molar-refractivity contribution is 0.688. The Balaban J connectivity index is 2.81. The predicted molar refractivity (Wildman–Crippen MR) is 75.6 cm³/mol. The molecule has 0 saturated heterocycles. The maximum atomic E-state index is 5.42. The normalized spacial score (nSPS) is 13.6. The fourth-order valence-corrected chi connectivity index (χ4v) is 1.84. The zero-order valence-corrected chi connectivity index (χ0v) is 12.0. The Morgan fingerprint density at radius 3 is 2.59 bits per heavy atom. The van der Waals surface area contributed by atoms with Crippen molar-refractivity contribution in [3.63, 3.8) is 0 Å². The molecule has 0 aliphatic rings. The van der Waals surface area contributed by atoms with Crippen LogP contribution in [0.5, 0.6) is 0 Å². The van der Waals surface area contributed by atoms with E-state index in [2.05, 4.69) is 37.7 Å². The zero-order chi connectivity index (χ0) is 12.8. The van der Waals surface area contributed by atoms with E-state index in [1.807, 2.05) is 39.0 Å². The molecule has 0 aliphatic carbocycles. The average Bonchev–Trinajstić information content (AvgIpc) is 2.27. The van der Waals surface area contributed by atoms with E-state index < -0.39 is 0 Å². The standard InChI is InChI=1S/C12H19BrN4/c1-8(2)15-12(17-14)16-9(3)10-5-4-6-11(13)7-10/h4-9H,14H2,1-3H3,(H2,15,16,17). The molecule has 0 amide bonds. The molecule has 5 heteroatoms. The number of hydrogen-bond acceptors (Lipinski definition) is 2. The number of benzene rings is 1. The minimum Gasteiger partial charge on any atom is -0.353 e. The van der Waals surface area contributed by atoms with Gasteiger partial charge in [0.25, 0.3) is 0 Å². The van der Waals surface area contributed by atoms with Crippen molar-refractivity contribution in [2.45, 2.75) is 32.9 Å². The summed E-state index contributed by atoms with van der Waals surface area (Å²) in [5.74, 6) is 6.03. The lowest BCUT2D eigenvalue weighted by Crippen LogP contribution is -2.44. The van der Waals surface area contributed by atoms with Gasteiger partial charge in [0.05, 0.1) is 6.04 Å². The van der Waals surface area contributed by atoms with Gasteiger partial charge in [0.2, 0.25) is 5.96 Å². The molecule has 17 heavy (non-hydrogen) atoms. The van der Waals surface area contributed by atoms with E-state index >= 15 is 0 Å². The van der Waals surface area contributed by atoms with Gasteiger partial charge in [-0.2, -0.15) is 0 Å². The predicted octanol–water partition coefficient (Wildman–Crippen LogP) is 2.33. The number of nitrogens with zero attached hydrogens (tertiary/aromatic N) is 1. The van der Waals surface area contributed by atoms with Gasteiger partial charge < -0.3 is 5.32 Å². The monoisotopic (exact) mass is 298 g/mol. The number of hydrazine groups is 1. The van der Waals surface area contributed by atoms with Crippen molar-refractivity contribution < 1.29 is 0 Å². The van der Waals surface area contributed by atoms with Crippen LogP contribution in [0.1, 0.15) is 32.4 Å². The highest BCUT2D eigenvalue weighted by Crippen LogP contribution is 2.20. The molecule has 94 valence electrons. The molecule has 1 aromatic carbocycles. The number of nitrogens with two attached hydrogens (primary N) is 1. The molecule has 4 nitrogen and oxygen atoms in total. The highest BCUT2D eigenvalue weighted by atomic mass is 79.9. The molecular formula is C12H19BrN4. The molecule has 0 bridgehead atoms. The van der Waals surface area contributed by atoms with Crippen LogP contribution in [0.2, 0.25) is 0 Å².